The fourth-order valence-corrected chi connectivity index (χ4v) is 1.46. The third-order valence-electron chi connectivity index (χ3n) is 2.54. The van der Waals surface area contributed by atoms with E-state index < -0.39 is 0 Å². The molecule has 1 aromatic rings. The van der Waals surface area contributed by atoms with Gasteiger partial charge in [0.25, 0.3) is 0 Å². The molecule has 1 heterocycles. The van der Waals surface area contributed by atoms with Crippen molar-refractivity contribution < 1.29 is 0 Å². The number of aryl methyl sites for hydroxylation is 1. The smallest absolute Gasteiger partial charge is 0.299 e. The first-order valence-corrected chi connectivity index (χ1v) is 5.48. The fourth-order valence-electron chi connectivity index (χ4n) is 1.46. The molecule has 4 heteroatoms. The van der Waals surface area contributed by atoms with E-state index in [1.165, 1.54) is 6.20 Å². The first kappa shape index (κ1) is 12.4. The average molecular weight is 219 g/mol. The average Bonchev–Trinajstić information content (AvgIpc) is 2.27. The molecule has 0 N–H and O–H groups in total. The highest BCUT2D eigenvalue weighted by atomic mass is 16.1. The van der Waals surface area contributed by atoms with Gasteiger partial charge in [-0.15, -0.1) is 0 Å². The summed E-state index contributed by atoms with van der Waals surface area (Å²) >= 11 is 0. The zero-order chi connectivity index (χ0) is 12.0. The lowest BCUT2D eigenvalue weighted by molar-refractivity contribution is 0.414. The SMILES string of the molecule is CC(C)(C#N)CCCCn1cccnc1=O. The molecule has 86 valence electrons. The van der Waals surface area contributed by atoms with Gasteiger partial charge < -0.3 is 0 Å². The van der Waals surface area contributed by atoms with E-state index in [0.717, 1.165) is 19.3 Å². The van der Waals surface area contributed by atoms with Crippen LogP contribution in [0.5, 0.6) is 0 Å². The Balaban J connectivity index is 2.35. The van der Waals surface area contributed by atoms with Gasteiger partial charge in [-0.1, -0.05) is 6.42 Å². The molecule has 4 nitrogen and oxygen atoms in total. The molecule has 0 saturated heterocycles. The Labute approximate surface area is 95.6 Å². The van der Waals surface area contributed by atoms with Crippen LogP contribution in [0.3, 0.4) is 0 Å². The first-order chi connectivity index (χ1) is 7.55. The third-order valence-corrected chi connectivity index (χ3v) is 2.54. The normalized spacial score (nSPS) is 11.1. The maximum absolute atomic E-state index is 11.3. The zero-order valence-electron chi connectivity index (χ0n) is 9.81. The number of rotatable bonds is 5. The topological polar surface area (TPSA) is 58.7 Å². The number of aromatic nitrogens is 2. The van der Waals surface area contributed by atoms with Crippen LogP contribution in [0.25, 0.3) is 0 Å². The van der Waals surface area contributed by atoms with Crippen LogP contribution in [-0.2, 0) is 6.54 Å². The summed E-state index contributed by atoms with van der Waals surface area (Å²) in [5, 5.41) is 8.84. The molecule has 16 heavy (non-hydrogen) atoms. The van der Waals surface area contributed by atoms with Gasteiger partial charge in [0.2, 0.25) is 0 Å². The van der Waals surface area contributed by atoms with Crippen LogP contribution in [0.2, 0.25) is 0 Å². The van der Waals surface area contributed by atoms with Crippen LogP contribution in [0.1, 0.15) is 33.1 Å². The molecular formula is C12H17N3O. The van der Waals surface area contributed by atoms with Crippen molar-refractivity contribution in [2.75, 3.05) is 0 Å². The van der Waals surface area contributed by atoms with Crippen molar-refractivity contribution in [3.63, 3.8) is 0 Å². The predicted molar refractivity (Wildman–Crippen MR) is 61.7 cm³/mol. The number of nitrogens with zero attached hydrogens (tertiary/aromatic N) is 3. The molecule has 0 unspecified atom stereocenters. The molecule has 0 spiro atoms. The van der Waals surface area contributed by atoms with E-state index in [4.69, 9.17) is 5.26 Å². The molecule has 1 rings (SSSR count). The Morgan fingerprint density at radius 1 is 1.50 bits per heavy atom. The minimum absolute atomic E-state index is 0.206. The molecule has 0 aliphatic heterocycles. The molecule has 0 aromatic carbocycles. The monoisotopic (exact) mass is 219 g/mol. The van der Waals surface area contributed by atoms with Crippen LogP contribution in [-0.4, -0.2) is 9.55 Å². The van der Waals surface area contributed by atoms with Crippen LogP contribution in [0.15, 0.2) is 23.3 Å². The minimum Gasteiger partial charge on any atom is -0.299 e. The van der Waals surface area contributed by atoms with Crippen molar-refractivity contribution >= 4 is 0 Å². The van der Waals surface area contributed by atoms with E-state index >= 15 is 0 Å². The summed E-state index contributed by atoms with van der Waals surface area (Å²) in [4.78, 5) is 14.9. The lowest BCUT2D eigenvalue weighted by Gasteiger charge is -2.14. The van der Waals surface area contributed by atoms with Crippen LogP contribution >= 0.6 is 0 Å². The second-order valence-corrected chi connectivity index (χ2v) is 4.55. The van der Waals surface area contributed by atoms with Gasteiger partial charge in [0.05, 0.1) is 11.5 Å². The summed E-state index contributed by atoms with van der Waals surface area (Å²) in [7, 11) is 0. The van der Waals surface area contributed by atoms with Crippen molar-refractivity contribution in [2.24, 2.45) is 5.41 Å². The summed E-state index contributed by atoms with van der Waals surface area (Å²) in [6.07, 6.45) is 5.94. The van der Waals surface area contributed by atoms with E-state index in [1.807, 2.05) is 13.8 Å². The molecule has 0 bridgehead atoms. The number of hydrogen-bond acceptors (Lipinski definition) is 3. The van der Waals surface area contributed by atoms with E-state index in [2.05, 4.69) is 11.1 Å². The van der Waals surface area contributed by atoms with Gasteiger partial charge in [-0.2, -0.15) is 5.26 Å². The Hall–Kier alpha value is -1.63. The van der Waals surface area contributed by atoms with Crippen molar-refractivity contribution in [2.45, 2.75) is 39.7 Å². The largest absolute Gasteiger partial charge is 0.347 e. The van der Waals surface area contributed by atoms with Crippen molar-refractivity contribution in [3.8, 4) is 6.07 Å². The van der Waals surface area contributed by atoms with E-state index in [9.17, 15) is 4.79 Å². The van der Waals surface area contributed by atoms with Crippen molar-refractivity contribution in [3.05, 3.63) is 28.9 Å². The van der Waals surface area contributed by atoms with Gasteiger partial charge in [-0.25, -0.2) is 9.78 Å². The number of hydrogen-bond donors (Lipinski definition) is 0. The molecule has 0 saturated carbocycles. The maximum atomic E-state index is 11.3. The summed E-state index contributed by atoms with van der Waals surface area (Å²) in [5.74, 6) is 0. The summed E-state index contributed by atoms with van der Waals surface area (Å²) in [6, 6.07) is 4.02. The highest BCUT2D eigenvalue weighted by Gasteiger charge is 2.15. The van der Waals surface area contributed by atoms with E-state index in [-0.39, 0.29) is 11.1 Å². The molecule has 0 aliphatic carbocycles. The van der Waals surface area contributed by atoms with Gasteiger partial charge >= 0.3 is 5.69 Å². The van der Waals surface area contributed by atoms with Gasteiger partial charge in [0.15, 0.2) is 0 Å². The molecule has 0 aliphatic rings. The summed E-state index contributed by atoms with van der Waals surface area (Å²) in [5.41, 5.74) is -0.470. The Bertz CT molecular complexity index is 428. The van der Waals surface area contributed by atoms with Gasteiger partial charge in [0, 0.05) is 18.9 Å². The Morgan fingerprint density at radius 3 is 2.88 bits per heavy atom. The molecule has 0 fully saturated rings. The Morgan fingerprint density at radius 2 is 2.25 bits per heavy atom. The third kappa shape index (κ3) is 3.85. The minimum atomic E-state index is -0.264. The molecule has 0 radical (unpaired) electrons. The van der Waals surface area contributed by atoms with Crippen molar-refractivity contribution in [1.82, 2.24) is 9.55 Å². The number of unbranched alkanes of at least 4 members (excludes halogenated alkanes) is 1. The van der Waals surface area contributed by atoms with Gasteiger partial charge in [-0.05, 0) is 32.8 Å². The van der Waals surface area contributed by atoms with E-state index in [1.54, 1.807) is 16.8 Å². The van der Waals surface area contributed by atoms with Crippen LogP contribution in [0.4, 0.5) is 0 Å². The second-order valence-electron chi connectivity index (χ2n) is 4.55. The molecule has 0 amide bonds. The van der Waals surface area contributed by atoms with Gasteiger partial charge in [-0.3, -0.25) is 4.57 Å². The van der Waals surface area contributed by atoms with Crippen LogP contribution < -0.4 is 5.69 Å². The molecular weight excluding hydrogens is 202 g/mol. The summed E-state index contributed by atoms with van der Waals surface area (Å²) in [6.45, 7) is 4.54. The zero-order valence-corrected chi connectivity index (χ0v) is 9.81. The lowest BCUT2D eigenvalue weighted by atomic mass is 9.89. The van der Waals surface area contributed by atoms with Crippen molar-refractivity contribution in [1.29, 1.82) is 5.26 Å². The standard InChI is InChI=1S/C12H17N3O/c1-12(2,10-13)6-3-4-8-15-9-5-7-14-11(15)16/h5,7,9H,3-4,6,8H2,1-2H3. The summed E-state index contributed by atoms with van der Waals surface area (Å²) < 4.78 is 1.60. The predicted octanol–water partition coefficient (Wildman–Crippen LogP) is 1.96. The fraction of sp³-hybridized carbons (Fsp3) is 0.583. The lowest BCUT2D eigenvalue weighted by Crippen LogP contribution is -2.21. The Kier molecular flexibility index (Phi) is 4.24. The molecule has 1 aromatic heterocycles. The highest BCUT2D eigenvalue weighted by molar-refractivity contribution is 4.91. The second kappa shape index (κ2) is 5.45. The first-order valence-electron chi connectivity index (χ1n) is 5.48. The van der Waals surface area contributed by atoms with Gasteiger partial charge in [0.1, 0.15) is 0 Å². The highest BCUT2D eigenvalue weighted by Crippen LogP contribution is 2.21. The van der Waals surface area contributed by atoms with E-state index in [0.29, 0.717) is 6.54 Å². The maximum Gasteiger partial charge on any atom is 0.347 e. The quantitative estimate of drug-likeness (QED) is 0.711. The van der Waals surface area contributed by atoms with Crippen LogP contribution in [0, 0.1) is 16.7 Å². The number of nitriles is 1. The molecule has 0 atom stereocenters.